The van der Waals surface area contributed by atoms with Gasteiger partial charge in [0, 0.05) is 6.08 Å². The molecule has 174 valence electrons. The van der Waals surface area contributed by atoms with Crippen LogP contribution in [-0.4, -0.2) is 29.9 Å². The van der Waals surface area contributed by atoms with E-state index >= 15 is 0 Å². The molecule has 12 heteroatoms. The molecule has 0 spiro atoms. The highest BCUT2D eigenvalue weighted by Gasteiger charge is 2.86. The molecule has 0 heterocycles. The Labute approximate surface area is 175 Å². The molecule has 0 saturated carbocycles. The highest BCUT2D eigenvalue weighted by molar-refractivity contribution is 14.1. The molecule has 0 atom stereocenters. The molecule has 0 N–H and O–H groups in total. The maximum atomic E-state index is 13.6. The van der Waals surface area contributed by atoms with E-state index in [1.54, 1.807) is 0 Å². The van der Waals surface area contributed by atoms with Crippen molar-refractivity contribution in [2.24, 2.45) is 0 Å². The summed E-state index contributed by atoms with van der Waals surface area (Å²) in [5.41, 5.74) is 0. The van der Waals surface area contributed by atoms with Crippen LogP contribution < -0.4 is 0 Å². The monoisotopic (exact) mass is 562 g/mol. The summed E-state index contributed by atoms with van der Waals surface area (Å²) in [6.45, 7) is 2.04. The Morgan fingerprint density at radius 1 is 0.621 bits per heavy atom. The predicted molar refractivity (Wildman–Crippen MR) is 95.2 cm³/mol. The van der Waals surface area contributed by atoms with E-state index in [2.05, 4.69) is 0 Å². The zero-order valence-electron chi connectivity index (χ0n) is 15.5. The number of unbranched alkanes of at least 4 members (excludes halogenated alkanes) is 7. The third-order valence-corrected chi connectivity index (χ3v) is 5.02. The van der Waals surface area contributed by atoms with Crippen LogP contribution in [0.25, 0.3) is 0 Å². The highest BCUT2D eigenvalue weighted by atomic mass is 127. The first kappa shape index (κ1) is 28.7. The molecule has 0 aliphatic carbocycles. The van der Waals surface area contributed by atoms with Gasteiger partial charge in [0.15, 0.2) is 0 Å². The van der Waals surface area contributed by atoms with Crippen molar-refractivity contribution >= 4 is 22.6 Å². The molecule has 0 bridgehead atoms. The molecule has 0 radical (unpaired) electrons. The Kier molecular flexibility index (Phi) is 10.7. The van der Waals surface area contributed by atoms with E-state index < -0.39 is 39.5 Å². The Morgan fingerprint density at radius 3 is 1.45 bits per heavy atom. The standard InChI is InChI=1S/C17H22F11I/c1-2-3-4-5-6-7-8-9-10-12(29)11-13(18,19)14(20,21)15(22,23)16(24,25)17(26,27)28/h11H,2-10H2,1H3. The predicted octanol–water partition coefficient (Wildman–Crippen LogP) is 8.94. The van der Waals surface area contributed by atoms with Gasteiger partial charge >= 0.3 is 29.9 Å². The first-order valence-corrected chi connectivity index (χ1v) is 9.98. The van der Waals surface area contributed by atoms with Crippen LogP contribution in [0, 0.1) is 0 Å². The molecule has 0 unspecified atom stereocenters. The van der Waals surface area contributed by atoms with E-state index in [0.29, 0.717) is 6.42 Å². The second-order valence-corrected chi connectivity index (χ2v) is 8.05. The minimum Gasteiger partial charge on any atom is -0.195 e. The number of halogens is 12. The van der Waals surface area contributed by atoms with Crippen molar-refractivity contribution in [2.45, 2.75) is 94.6 Å². The van der Waals surface area contributed by atoms with Gasteiger partial charge in [-0.15, -0.1) is 0 Å². The van der Waals surface area contributed by atoms with E-state index in [0.717, 1.165) is 61.1 Å². The lowest BCUT2D eigenvalue weighted by Gasteiger charge is -2.36. The van der Waals surface area contributed by atoms with E-state index in [1.807, 2.05) is 6.92 Å². The van der Waals surface area contributed by atoms with Gasteiger partial charge in [0.2, 0.25) is 0 Å². The molecule has 0 aliphatic heterocycles. The second-order valence-electron chi connectivity index (χ2n) is 6.66. The molecule has 0 saturated heterocycles. The fourth-order valence-electron chi connectivity index (χ4n) is 2.37. The van der Waals surface area contributed by atoms with Crippen molar-refractivity contribution in [3.05, 3.63) is 9.66 Å². The second kappa shape index (κ2) is 10.8. The molecule has 0 aromatic rings. The SMILES string of the molecule is CCCCCCCCCCC(I)=CC(F)(F)C(F)(F)C(F)(F)C(F)(F)C(F)(F)F. The van der Waals surface area contributed by atoms with Crippen LogP contribution in [0.4, 0.5) is 48.3 Å². The third kappa shape index (κ3) is 7.12. The van der Waals surface area contributed by atoms with Gasteiger partial charge in [-0.1, -0.05) is 51.9 Å². The van der Waals surface area contributed by atoms with E-state index in [-0.39, 0.29) is 12.8 Å². The first-order chi connectivity index (χ1) is 13.0. The highest BCUT2D eigenvalue weighted by Crippen LogP contribution is 2.57. The van der Waals surface area contributed by atoms with E-state index in [4.69, 9.17) is 0 Å². The lowest BCUT2D eigenvalue weighted by atomic mass is 9.97. The fourth-order valence-corrected chi connectivity index (χ4v) is 3.14. The normalized spacial score (nSPS) is 15.1. The summed E-state index contributed by atoms with van der Waals surface area (Å²) < 4.78 is 141. The molecular weight excluding hydrogens is 540 g/mol. The topological polar surface area (TPSA) is 0 Å². The number of hydrogen-bond donors (Lipinski definition) is 0. The summed E-state index contributed by atoms with van der Waals surface area (Å²) in [5, 5.41) is 0. The summed E-state index contributed by atoms with van der Waals surface area (Å²) >= 11 is 1.14. The first-order valence-electron chi connectivity index (χ1n) is 8.91. The van der Waals surface area contributed by atoms with Gasteiger partial charge in [-0.25, -0.2) is 0 Å². The molecule has 0 nitrogen and oxygen atoms in total. The maximum Gasteiger partial charge on any atom is 0.460 e. The van der Waals surface area contributed by atoms with Crippen LogP contribution in [-0.2, 0) is 0 Å². The molecule has 0 aromatic heterocycles. The van der Waals surface area contributed by atoms with Crippen molar-refractivity contribution in [2.75, 3.05) is 0 Å². The van der Waals surface area contributed by atoms with Crippen LogP contribution in [0.3, 0.4) is 0 Å². The number of alkyl halides is 11. The van der Waals surface area contributed by atoms with Gasteiger partial charge in [-0.3, -0.25) is 0 Å². The van der Waals surface area contributed by atoms with Gasteiger partial charge in [-0.05, 0) is 39.0 Å². The van der Waals surface area contributed by atoms with Crippen molar-refractivity contribution < 1.29 is 48.3 Å². The fraction of sp³-hybridized carbons (Fsp3) is 0.882. The number of rotatable bonds is 13. The van der Waals surface area contributed by atoms with Crippen molar-refractivity contribution in [1.82, 2.24) is 0 Å². The quantitative estimate of drug-likeness (QED) is 0.120. The minimum absolute atomic E-state index is 0.220. The molecule has 0 amide bonds. The Bertz CT molecular complexity index is 524. The van der Waals surface area contributed by atoms with Crippen molar-refractivity contribution in [1.29, 1.82) is 0 Å². The Morgan fingerprint density at radius 2 is 1.03 bits per heavy atom. The summed E-state index contributed by atoms with van der Waals surface area (Å²) in [4.78, 5) is 0. The third-order valence-electron chi connectivity index (χ3n) is 4.17. The lowest BCUT2D eigenvalue weighted by Crippen LogP contribution is -2.66. The minimum atomic E-state index is -7.35. The summed E-state index contributed by atoms with van der Waals surface area (Å²) in [5.74, 6) is -27.6. The molecule has 29 heavy (non-hydrogen) atoms. The molecular formula is C17H22F11I. The molecule has 0 fully saturated rings. The zero-order valence-corrected chi connectivity index (χ0v) is 17.6. The van der Waals surface area contributed by atoms with E-state index in [1.165, 1.54) is 0 Å². The average molecular weight is 562 g/mol. The largest absolute Gasteiger partial charge is 0.460 e. The van der Waals surface area contributed by atoms with Gasteiger partial charge in [0.1, 0.15) is 0 Å². The van der Waals surface area contributed by atoms with Gasteiger partial charge in [-0.2, -0.15) is 48.3 Å². The van der Waals surface area contributed by atoms with Crippen LogP contribution in [0.1, 0.15) is 64.7 Å². The number of allylic oxidation sites excluding steroid dienone is 2. The summed E-state index contributed by atoms with van der Waals surface area (Å²) in [6.07, 6.45) is -1.52. The maximum absolute atomic E-state index is 13.6. The van der Waals surface area contributed by atoms with Crippen LogP contribution >= 0.6 is 22.6 Å². The van der Waals surface area contributed by atoms with Gasteiger partial charge in [0.25, 0.3) is 0 Å². The number of hydrogen-bond acceptors (Lipinski definition) is 0. The van der Waals surface area contributed by atoms with Gasteiger partial charge in [0.05, 0.1) is 0 Å². The smallest absolute Gasteiger partial charge is 0.195 e. The Hall–Kier alpha value is -0.300. The van der Waals surface area contributed by atoms with Crippen molar-refractivity contribution in [3.8, 4) is 0 Å². The van der Waals surface area contributed by atoms with Crippen LogP contribution in [0.2, 0.25) is 0 Å². The molecule has 0 aromatic carbocycles. The average Bonchev–Trinajstić information content (AvgIpc) is 2.55. The van der Waals surface area contributed by atoms with Gasteiger partial charge < -0.3 is 0 Å². The summed E-state index contributed by atoms with van der Waals surface area (Å²) in [6, 6.07) is 0. The van der Waals surface area contributed by atoms with Crippen LogP contribution in [0.15, 0.2) is 9.66 Å². The van der Waals surface area contributed by atoms with E-state index in [9.17, 15) is 48.3 Å². The zero-order chi connectivity index (χ0) is 23.1. The van der Waals surface area contributed by atoms with Crippen molar-refractivity contribution in [3.63, 3.8) is 0 Å². The lowest BCUT2D eigenvalue weighted by molar-refractivity contribution is -0.416. The van der Waals surface area contributed by atoms with Crippen LogP contribution in [0.5, 0.6) is 0 Å². The molecule has 0 aliphatic rings. The molecule has 0 rings (SSSR count). The summed E-state index contributed by atoms with van der Waals surface area (Å²) in [7, 11) is 0. The Balaban J connectivity index is 5.03.